The first-order chi connectivity index (χ1) is 6.65. The summed E-state index contributed by atoms with van der Waals surface area (Å²) in [6.45, 7) is 1.83. The van der Waals surface area contributed by atoms with Gasteiger partial charge in [-0.3, -0.25) is 4.79 Å². The molecule has 0 aliphatic heterocycles. The Kier molecular flexibility index (Phi) is 4.08. The zero-order valence-electron chi connectivity index (χ0n) is 8.02. The molecule has 0 N–H and O–H groups in total. The summed E-state index contributed by atoms with van der Waals surface area (Å²) in [6.07, 6.45) is 0.900. The van der Waals surface area contributed by atoms with Crippen LogP contribution in [0.3, 0.4) is 0 Å². The van der Waals surface area contributed by atoms with E-state index in [-0.39, 0.29) is 11.3 Å². The predicted octanol–water partition coefficient (Wildman–Crippen LogP) is 3.34. The summed E-state index contributed by atoms with van der Waals surface area (Å²) in [5.74, 6) is -0.193. The Hall–Kier alpha value is -0.890. The van der Waals surface area contributed by atoms with E-state index in [9.17, 15) is 9.18 Å². The number of carbonyl (C=O) groups is 1. The Morgan fingerprint density at radius 3 is 2.86 bits per heavy atom. The van der Waals surface area contributed by atoms with Crippen molar-refractivity contribution in [2.75, 3.05) is 5.88 Å². The topological polar surface area (TPSA) is 17.1 Å². The number of Topliss-reactive ketones (excluding diaryl/α,β-unsaturated/α-hetero) is 1. The highest BCUT2D eigenvalue weighted by atomic mass is 35.5. The average molecular weight is 215 g/mol. The quantitative estimate of drug-likeness (QED) is 0.555. The molecule has 14 heavy (non-hydrogen) atoms. The van der Waals surface area contributed by atoms with Crippen molar-refractivity contribution in [3.05, 3.63) is 35.1 Å². The lowest BCUT2D eigenvalue weighted by molar-refractivity contribution is 0.0978. The second-order valence-electron chi connectivity index (χ2n) is 3.20. The van der Waals surface area contributed by atoms with Gasteiger partial charge in [0.2, 0.25) is 0 Å². The van der Waals surface area contributed by atoms with E-state index in [4.69, 9.17) is 11.6 Å². The van der Waals surface area contributed by atoms with Crippen LogP contribution in [-0.2, 0) is 0 Å². The Bertz CT molecular complexity index is 336. The van der Waals surface area contributed by atoms with Crippen LogP contribution in [0, 0.1) is 12.7 Å². The van der Waals surface area contributed by atoms with Crippen LogP contribution >= 0.6 is 11.6 Å². The van der Waals surface area contributed by atoms with Gasteiger partial charge in [0.1, 0.15) is 5.82 Å². The minimum atomic E-state index is -0.449. The highest BCUT2D eigenvalue weighted by Gasteiger charge is 2.10. The van der Waals surface area contributed by atoms with E-state index < -0.39 is 5.82 Å². The van der Waals surface area contributed by atoms with Crippen LogP contribution in [0.15, 0.2) is 18.2 Å². The van der Waals surface area contributed by atoms with Crippen LogP contribution in [0.25, 0.3) is 0 Å². The second-order valence-corrected chi connectivity index (χ2v) is 3.58. The van der Waals surface area contributed by atoms with E-state index >= 15 is 0 Å². The third-order valence-electron chi connectivity index (χ3n) is 1.96. The Labute approximate surface area is 87.9 Å². The molecule has 0 aliphatic carbocycles. The molecule has 3 heteroatoms. The van der Waals surface area contributed by atoms with Crippen molar-refractivity contribution in [1.82, 2.24) is 0 Å². The van der Waals surface area contributed by atoms with Gasteiger partial charge in [0.25, 0.3) is 0 Å². The number of aryl methyl sites for hydroxylation is 1. The van der Waals surface area contributed by atoms with Gasteiger partial charge in [-0.15, -0.1) is 11.6 Å². The summed E-state index contributed by atoms with van der Waals surface area (Å²) in [5.41, 5.74) is 1.07. The molecule has 0 spiro atoms. The van der Waals surface area contributed by atoms with Crippen molar-refractivity contribution >= 4 is 17.4 Å². The molecular weight excluding hydrogens is 203 g/mol. The smallest absolute Gasteiger partial charge is 0.165 e. The van der Waals surface area contributed by atoms with Gasteiger partial charge < -0.3 is 0 Å². The number of benzene rings is 1. The van der Waals surface area contributed by atoms with Crippen molar-refractivity contribution < 1.29 is 9.18 Å². The van der Waals surface area contributed by atoms with Crippen LogP contribution in [0.2, 0.25) is 0 Å². The van der Waals surface area contributed by atoms with Gasteiger partial charge in [-0.05, 0) is 25.5 Å². The molecule has 0 aromatic heterocycles. The zero-order valence-corrected chi connectivity index (χ0v) is 8.77. The van der Waals surface area contributed by atoms with Crippen molar-refractivity contribution in [1.29, 1.82) is 0 Å². The number of carbonyl (C=O) groups excluding carboxylic acids is 1. The summed E-state index contributed by atoms with van der Waals surface area (Å²) in [5, 5.41) is 0. The summed E-state index contributed by atoms with van der Waals surface area (Å²) in [6, 6.07) is 4.54. The van der Waals surface area contributed by atoms with E-state index in [0.717, 1.165) is 5.56 Å². The number of hydrogen-bond acceptors (Lipinski definition) is 1. The Morgan fingerprint density at radius 1 is 1.50 bits per heavy atom. The minimum Gasteiger partial charge on any atom is -0.294 e. The summed E-state index contributed by atoms with van der Waals surface area (Å²) in [4.78, 5) is 11.5. The highest BCUT2D eigenvalue weighted by Crippen LogP contribution is 2.13. The van der Waals surface area contributed by atoms with E-state index in [1.165, 1.54) is 6.07 Å². The van der Waals surface area contributed by atoms with Crippen molar-refractivity contribution in [2.24, 2.45) is 0 Å². The fourth-order valence-electron chi connectivity index (χ4n) is 1.21. The molecule has 0 bridgehead atoms. The van der Waals surface area contributed by atoms with Gasteiger partial charge in [-0.25, -0.2) is 4.39 Å². The lowest BCUT2D eigenvalue weighted by atomic mass is 10.0. The van der Waals surface area contributed by atoms with Crippen LogP contribution in [-0.4, -0.2) is 11.7 Å². The number of ketones is 1. The van der Waals surface area contributed by atoms with Crippen molar-refractivity contribution in [3.8, 4) is 0 Å². The van der Waals surface area contributed by atoms with Crippen LogP contribution < -0.4 is 0 Å². The standard InChI is InChI=1S/C11H12ClFO/c1-8-4-5-10(13)9(7-8)11(14)3-2-6-12/h4-5,7H,2-3,6H2,1H3. The fourth-order valence-corrected chi connectivity index (χ4v) is 1.35. The molecule has 0 amide bonds. The van der Waals surface area contributed by atoms with E-state index in [1.807, 2.05) is 6.92 Å². The van der Waals surface area contributed by atoms with E-state index in [1.54, 1.807) is 12.1 Å². The Balaban J connectivity index is 2.83. The molecular formula is C11H12ClFO. The van der Waals surface area contributed by atoms with Crippen molar-refractivity contribution in [3.63, 3.8) is 0 Å². The molecule has 0 unspecified atom stereocenters. The maximum absolute atomic E-state index is 13.2. The second kappa shape index (κ2) is 5.11. The molecule has 0 heterocycles. The third kappa shape index (κ3) is 2.81. The van der Waals surface area contributed by atoms with Crippen LogP contribution in [0.5, 0.6) is 0 Å². The normalized spacial score (nSPS) is 10.2. The third-order valence-corrected chi connectivity index (χ3v) is 2.23. The minimum absolute atomic E-state index is 0.174. The highest BCUT2D eigenvalue weighted by molar-refractivity contribution is 6.18. The number of rotatable bonds is 4. The first-order valence-corrected chi connectivity index (χ1v) is 5.04. The lowest BCUT2D eigenvalue weighted by Gasteiger charge is -2.02. The van der Waals surface area contributed by atoms with Gasteiger partial charge >= 0.3 is 0 Å². The molecule has 0 atom stereocenters. The number of hydrogen-bond donors (Lipinski definition) is 0. The van der Waals surface area contributed by atoms with Gasteiger partial charge in [-0.2, -0.15) is 0 Å². The number of halogens is 2. The van der Waals surface area contributed by atoms with Gasteiger partial charge in [-0.1, -0.05) is 11.6 Å². The molecule has 1 rings (SSSR count). The largest absolute Gasteiger partial charge is 0.294 e. The molecule has 0 saturated heterocycles. The SMILES string of the molecule is Cc1ccc(F)c(C(=O)CCCCl)c1. The molecule has 1 aromatic carbocycles. The monoisotopic (exact) mass is 214 g/mol. The molecule has 0 fully saturated rings. The maximum atomic E-state index is 13.2. The van der Waals surface area contributed by atoms with Crippen LogP contribution in [0.1, 0.15) is 28.8 Å². The fraction of sp³-hybridized carbons (Fsp3) is 0.364. The van der Waals surface area contributed by atoms with Gasteiger partial charge in [0.15, 0.2) is 5.78 Å². The molecule has 76 valence electrons. The molecule has 0 saturated carbocycles. The summed E-state index contributed by atoms with van der Waals surface area (Å²) >= 11 is 5.46. The number of alkyl halides is 1. The molecule has 0 radical (unpaired) electrons. The summed E-state index contributed by atoms with van der Waals surface area (Å²) in [7, 11) is 0. The van der Waals surface area contributed by atoms with E-state index in [2.05, 4.69) is 0 Å². The zero-order chi connectivity index (χ0) is 10.6. The lowest BCUT2D eigenvalue weighted by Crippen LogP contribution is -2.03. The van der Waals surface area contributed by atoms with Gasteiger partial charge in [0, 0.05) is 12.3 Å². The maximum Gasteiger partial charge on any atom is 0.165 e. The summed E-state index contributed by atoms with van der Waals surface area (Å²) < 4.78 is 13.2. The van der Waals surface area contributed by atoms with Crippen molar-refractivity contribution in [2.45, 2.75) is 19.8 Å². The predicted molar refractivity (Wildman–Crippen MR) is 55.4 cm³/mol. The molecule has 1 nitrogen and oxygen atoms in total. The van der Waals surface area contributed by atoms with Crippen LogP contribution in [0.4, 0.5) is 4.39 Å². The first-order valence-electron chi connectivity index (χ1n) is 4.50. The molecule has 1 aromatic rings. The first kappa shape index (κ1) is 11.2. The molecule has 0 aliphatic rings. The average Bonchev–Trinajstić information content (AvgIpc) is 2.18. The Morgan fingerprint density at radius 2 is 2.21 bits per heavy atom. The van der Waals surface area contributed by atoms with E-state index in [0.29, 0.717) is 18.7 Å². The van der Waals surface area contributed by atoms with Gasteiger partial charge in [0.05, 0.1) is 5.56 Å².